The highest BCUT2D eigenvalue weighted by Gasteiger charge is 2.19. The van der Waals surface area contributed by atoms with Gasteiger partial charge in [-0.2, -0.15) is 5.10 Å². The highest BCUT2D eigenvalue weighted by atomic mass is 32.2. The van der Waals surface area contributed by atoms with E-state index in [0.717, 1.165) is 11.3 Å². The average molecular weight is 370 g/mol. The van der Waals surface area contributed by atoms with Crippen LogP contribution in [-0.4, -0.2) is 29.0 Å². The number of nitrogens with one attached hydrogen (secondary N) is 1. The summed E-state index contributed by atoms with van der Waals surface area (Å²) in [6.45, 7) is 3.16. The summed E-state index contributed by atoms with van der Waals surface area (Å²) < 4.78 is 29.5. The van der Waals surface area contributed by atoms with Gasteiger partial charge in [-0.3, -0.25) is 4.79 Å². The van der Waals surface area contributed by atoms with Crippen LogP contribution < -0.4 is 4.72 Å². The molecule has 3 aromatic rings. The van der Waals surface area contributed by atoms with Gasteiger partial charge in [0.2, 0.25) is 10.0 Å². The largest absolute Gasteiger partial charge is 0.295 e. The second-order valence-electron chi connectivity index (χ2n) is 5.86. The zero-order valence-electron chi connectivity index (χ0n) is 14.3. The van der Waals surface area contributed by atoms with Gasteiger partial charge < -0.3 is 0 Å². The molecular weight excluding hydrogens is 352 g/mol. The third kappa shape index (κ3) is 3.87. The van der Waals surface area contributed by atoms with E-state index in [-0.39, 0.29) is 10.7 Å². The smallest absolute Gasteiger partial charge is 0.241 e. The number of rotatable bonds is 6. The lowest BCUT2D eigenvalue weighted by Gasteiger charge is -2.15. The van der Waals surface area contributed by atoms with Gasteiger partial charge >= 0.3 is 0 Å². The Labute approximate surface area is 151 Å². The number of hydrogen-bond donors (Lipinski definition) is 1. The van der Waals surface area contributed by atoms with Gasteiger partial charge in [0.05, 0.1) is 10.6 Å². The Hall–Kier alpha value is -2.84. The van der Waals surface area contributed by atoms with Crippen LogP contribution in [0, 0.1) is 0 Å². The number of nitrogens with zero attached hydrogens (tertiary/aromatic N) is 3. The number of benzene rings is 2. The van der Waals surface area contributed by atoms with Gasteiger partial charge in [0.25, 0.3) is 0 Å². The number of Topliss-reactive ketones (excluding diaryl/α,β-unsaturated/α-hetero) is 1. The molecule has 0 aliphatic rings. The fraction of sp³-hybridized carbons (Fsp3) is 0.167. The lowest BCUT2D eigenvalue weighted by atomic mass is 10.1. The maximum atomic E-state index is 12.6. The molecule has 0 amide bonds. The number of carbonyl (C=O) groups excluding carboxylic acids is 1. The Morgan fingerprint density at radius 3 is 2.50 bits per heavy atom. The molecule has 0 saturated heterocycles. The van der Waals surface area contributed by atoms with Crippen LogP contribution in [0.25, 0.3) is 5.69 Å². The average Bonchev–Trinajstić information content (AvgIpc) is 3.16. The van der Waals surface area contributed by atoms with Crippen molar-refractivity contribution < 1.29 is 13.2 Å². The fourth-order valence-electron chi connectivity index (χ4n) is 2.51. The summed E-state index contributed by atoms with van der Waals surface area (Å²) in [5.41, 5.74) is 1.99. The van der Waals surface area contributed by atoms with Crippen molar-refractivity contribution in [1.82, 2.24) is 19.5 Å². The summed E-state index contributed by atoms with van der Waals surface area (Å²) >= 11 is 0. The third-order valence-corrected chi connectivity index (χ3v) is 5.50. The van der Waals surface area contributed by atoms with E-state index in [2.05, 4.69) is 14.8 Å². The molecule has 0 bridgehead atoms. The van der Waals surface area contributed by atoms with E-state index in [1.807, 2.05) is 24.3 Å². The van der Waals surface area contributed by atoms with Crippen molar-refractivity contribution in [3.05, 3.63) is 72.3 Å². The van der Waals surface area contributed by atoms with Gasteiger partial charge in [0.1, 0.15) is 12.7 Å². The van der Waals surface area contributed by atoms with E-state index in [1.165, 1.54) is 25.4 Å². The topological polar surface area (TPSA) is 94.0 Å². The molecule has 7 nitrogen and oxygen atoms in total. The van der Waals surface area contributed by atoms with Gasteiger partial charge in [-0.1, -0.05) is 24.3 Å². The minimum Gasteiger partial charge on any atom is -0.295 e. The van der Waals surface area contributed by atoms with Crippen LogP contribution in [0.3, 0.4) is 0 Å². The van der Waals surface area contributed by atoms with E-state index < -0.39 is 16.1 Å². The summed E-state index contributed by atoms with van der Waals surface area (Å²) in [4.78, 5) is 15.4. The predicted octanol–water partition coefficient (Wildman–Crippen LogP) is 2.51. The third-order valence-electron chi connectivity index (χ3n) is 3.96. The van der Waals surface area contributed by atoms with Crippen molar-refractivity contribution in [3.63, 3.8) is 0 Å². The Balaban J connectivity index is 1.79. The molecule has 0 aliphatic heterocycles. The Bertz CT molecular complexity index is 1010. The summed E-state index contributed by atoms with van der Waals surface area (Å²) in [5, 5.41) is 4.05. The standard InChI is InChI=1S/C18H18N4O3S/c1-13(15-6-8-17(9-7-15)22-12-19-11-20-22)21-26(24,25)18-5-3-4-16(10-18)14(2)23/h3-13,21H,1-2H3/t13-/m1/s1. The summed E-state index contributed by atoms with van der Waals surface area (Å²) in [7, 11) is -3.75. The molecule has 1 aromatic heterocycles. The normalized spacial score (nSPS) is 12.7. The minimum atomic E-state index is -3.75. The van der Waals surface area contributed by atoms with E-state index in [4.69, 9.17) is 0 Å². The first-order chi connectivity index (χ1) is 12.4. The molecule has 0 aliphatic carbocycles. The highest BCUT2D eigenvalue weighted by Crippen LogP contribution is 2.19. The molecule has 0 radical (unpaired) electrons. The molecule has 3 rings (SSSR count). The fourth-order valence-corrected chi connectivity index (χ4v) is 3.79. The second kappa shape index (κ2) is 7.19. The zero-order valence-corrected chi connectivity index (χ0v) is 15.1. The number of carbonyl (C=O) groups is 1. The Kier molecular flexibility index (Phi) is 4.97. The van der Waals surface area contributed by atoms with Crippen LogP contribution >= 0.6 is 0 Å². The van der Waals surface area contributed by atoms with E-state index in [1.54, 1.807) is 30.1 Å². The molecule has 2 aromatic carbocycles. The van der Waals surface area contributed by atoms with Crippen LogP contribution in [0.1, 0.15) is 35.8 Å². The molecule has 134 valence electrons. The number of ketones is 1. The van der Waals surface area contributed by atoms with Crippen molar-refractivity contribution in [2.75, 3.05) is 0 Å². The van der Waals surface area contributed by atoms with Gasteiger partial charge in [-0.05, 0) is 43.7 Å². The first-order valence-electron chi connectivity index (χ1n) is 7.95. The summed E-state index contributed by atoms with van der Waals surface area (Å²) in [6, 6.07) is 12.9. The molecule has 0 fully saturated rings. The Morgan fingerprint density at radius 2 is 1.88 bits per heavy atom. The van der Waals surface area contributed by atoms with Crippen LogP contribution in [0.5, 0.6) is 0 Å². The maximum absolute atomic E-state index is 12.6. The number of aromatic nitrogens is 3. The lowest BCUT2D eigenvalue weighted by Crippen LogP contribution is -2.27. The SMILES string of the molecule is CC(=O)c1cccc(S(=O)(=O)N[C@H](C)c2ccc(-n3cncn3)cc2)c1. The van der Waals surface area contributed by atoms with E-state index >= 15 is 0 Å². The van der Waals surface area contributed by atoms with Crippen LogP contribution in [0.2, 0.25) is 0 Å². The number of hydrogen-bond acceptors (Lipinski definition) is 5. The van der Waals surface area contributed by atoms with Crippen molar-refractivity contribution in [3.8, 4) is 5.69 Å². The first kappa shape index (κ1) is 18.0. The molecule has 0 unspecified atom stereocenters. The Morgan fingerprint density at radius 1 is 1.15 bits per heavy atom. The minimum absolute atomic E-state index is 0.0660. The molecular formula is C18H18N4O3S. The molecule has 1 atom stereocenters. The molecule has 1 N–H and O–H groups in total. The monoisotopic (exact) mass is 370 g/mol. The first-order valence-corrected chi connectivity index (χ1v) is 9.43. The number of sulfonamides is 1. The summed E-state index contributed by atoms with van der Waals surface area (Å²) in [5.74, 6) is -0.182. The van der Waals surface area contributed by atoms with Crippen molar-refractivity contribution in [1.29, 1.82) is 0 Å². The predicted molar refractivity (Wildman–Crippen MR) is 96.5 cm³/mol. The zero-order chi connectivity index (χ0) is 18.7. The summed E-state index contributed by atoms with van der Waals surface area (Å²) in [6.07, 6.45) is 3.03. The van der Waals surface area contributed by atoms with Gasteiger partial charge in [0.15, 0.2) is 5.78 Å². The van der Waals surface area contributed by atoms with Gasteiger partial charge in [-0.15, -0.1) is 0 Å². The lowest BCUT2D eigenvalue weighted by molar-refractivity contribution is 0.101. The van der Waals surface area contributed by atoms with Gasteiger partial charge in [-0.25, -0.2) is 22.8 Å². The molecule has 26 heavy (non-hydrogen) atoms. The van der Waals surface area contributed by atoms with Crippen LogP contribution in [0.4, 0.5) is 0 Å². The van der Waals surface area contributed by atoms with Gasteiger partial charge in [0, 0.05) is 11.6 Å². The molecule has 8 heteroatoms. The highest BCUT2D eigenvalue weighted by molar-refractivity contribution is 7.89. The molecule has 1 heterocycles. The van der Waals surface area contributed by atoms with Crippen molar-refractivity contribution in [2.45, 2.75) is 24.8 Å². The molecule has 0 saturated carbocycles. The second-order valence-corrected chi connectivity index (χ2v) is 7.57. The van der Waals surface area contributed by atoms with E-state index in [0.29, 0.717) is 5.56 Å². The maximum Gasteiger partial charge on any atom is 0.241 e. The van der Waals surface area contributed by atoms with Crippen LogP contribution in [0.15, 0.2) is 66.1 Å². The quantitative estimate of drug-likeness (QED) is 0.673. The van der Waals surface area contributed by atoms with Crippen LogP contribution in [-0.2, 0) is 10.0 Å². The molecule has 0 spiro atoms. The van der Waals surface area contributed by atoms with E-state index in [9.17, 15) is 13.2 Å². The van der Waals surface area contributed by atoms with Crippen molar-refractivity contribution in [2.24, 2.45) is 0 Å². The van der Waals surface area contributed by atoms with Crippen molar-refractivity contribution >= 4 is 15.8 Å².